The minimum Gasteiger partial charge on any atom is -0.298 e. The van der Waals surface area contributed by atoms with Crippen LogP contribution in [0, 0.1) is 0 Å². The molecule has 92 valence electrons. The Morgan fingerprint density at radius 3 is 2.53 bits per heavy atom. The Kier molecular flexibility index (Phi) is 3.06. The molecule has 0 fully saturated rings. The molecule has 0 heterocycles. The molecule has 3 aromatic rings. The van der Waals surface area contributed by atoms with Gasteiger partial charge in [0, 0.05) is 5.56 Å². The van der Waals surface area contributed by atoms with Crippen LogP contribution in [0.25, 0.3) is 21.9 Å². The summed E-state index contributed by atoms with van der Waals surface area (Å²) >= 11 is 5.97. The summed E-state index contributed by atoms with van der Waals surface area (Å²) in [5.74, 6) is 0. The average molecular weight is 267 g/mol. The van der Waals surface area contributed by atoms with Crippen molar-refractivity contribution in [3.8, 4) is 11.1 Å². The zero-order valence-corrected chi connectivity index (χ0v) is 10.9. The molecule has 1 nitrogen and oxygen atoms in total. The second-order valence-corrected chi connectivity index (χ2v) is 4.79. The first-order valence-corrected chi connectivity index (χ1v) is 6.40. The summed E-state index contributed by atoms with van der Waals surface area (Å²) in [6.45, 7) is 0. The molecule has 0 aromatic heterocycles. The van der Waals surface area contributed by atoms with Gasteiger partial charge >= 0.3 is 0 Å². The molecule has 0 aliphatic heterocycles. The Morgan fingerprint density at radius 1 is 0.895 bits per heavy atom. The minimum atomic E-state index is 0.485. The maximum atomic E-state index is 11.0. The van der Waals surface area contributed by atoms with Crippen molar-refractivity contribution in [1.82, 2.24) is 0 Å². The number of carbonyl (C=O) groups excluding carboxylic acids is 1. The van der Waals surface area contributed by atoms with Gasteiger partial charge in [-0.3, -0.25) is 4.79 Å². The summed E-state index contributed by atoms with van der Waals surface area (Å²) in [5, 5.41) is 2.84. The lowest BCUT2D eigenvalue weighted by atomic mass is 9.97. The Morgan fingerprint density at radius 2 is 1.68 bits per heavy atom. The number of hydrogen-bond donors (Lipinski definition) is 0. The van der Waals surface area contributed by atoms with Gasteiger partial charge in [-0.2, -0.15) is 0 Å². The van der Waals surface area contributed by atoms with Crippen molar-refractivity contribution in [2.75, 3.05) is 0 Å². The van der Waals surface area contributed by atoms with E-state index in [0.29, 0.717) is 10.6 Å². The van der Waals surface area contributed by atoms with Crippen LogP contribution in [0.5, 0.6) is 0 Å². The van der Waals surface area contributed by atoms with Crippen LogP contribution in [0.2, 0.25) is 5.02 Å². The molecular weight excluding hydrogens is 256 g/mol. The van der Waals surface area contributed by atoms with Gasteiger partial charge in [0.1, 0.15) is 0 Å². The Labute approximate surface area is 116 Å². The lowest BCUT2D eigenvalue weighted by molar-refractivity contribution is 0.112. The number of fused-ring (bicyclic) bond motifs is 1. The molecule has 0 spiro atoms. The van der Waals surface area contributed by atoms with Crippen molar-refractivity contribution in [3.05, 3.63) is 71.2 Å². The zero-order valence-electron chi connectivity index (χ0n) is 10.1. The van der Waals surface area contributed by atoms with E-state index >= 15 is 0 Å². The Hall–Kier alpha value is -2.12. The highest BCUT2D eigenvalue weighted by atomic mass is 35.5. The molecule has 19 heavy (non-hydrogen) atoms. The number of aldehydes is 1. The van der Waals surface area contributed by atoms with Crippen molar-refractivity contribution in [2.24, 2.45) is 0 Å². The summed E-state index contributed by atoms with van der Waals surface area (Å²) in [7, 11) is 0. The van der Waals surface area contributed by atoms with E-state index in [2.05, 4.69) is 24.3 Å². The van der Waals surface area contributed by atoms with E-state index < -0.39 is 0 Å². The molecule has 0 bridgehead atoms. The van der Waals surface area contributed by atoms with E-state index in [0.717, 1.165) is 17.4 Å². The van der Waals surface area contributed by atoms with E-state index in [1.54, 1.807) is 6.07 Å². The molecule has 0 saturated heterocycles. The molecule has 0 atom stereocenters. The summed E-state index contributed by atoms with van der Waals surface area (Å²) in [5.41, 5.74) is 2.63. The van der Waals surface area contributed by atoms with Crippen molar-refractivity contribution in [2.45, 2.75) is 0 Å². The van der Waals surface area contributed by atoms with Gasteiger partial charge in [-0.15, -0.1) is 0 Å². The average Bonchev–Trinajstić information content (AvgIpc) is 2.47. The monoisotopic (exact) mass is 266 g/mol. The van der Waals surface area contributed by atoms with Gasteiger partial charge in [-0.05, 0) is 34.0 Å². The normalized spacial score (nSPS) is 10.6. The summed E-state index contributed by atoms with van der Waals surface area (Å²) < 4.78 is 0. The lowest BCUT2D eigenvalue weighted by Gasteiger charge is -2.08. The molecule has 2 heteroatoms. The number of halogens is 1. The highest BCUT2D eigenvalue weighted by Gasteiger charge is 2.06. The third-order valence-corrected chi connectivity index (χ3v) is 3.57. The molecule has 0 saturated carbocycles. The lowest BCUT2D eigenvalue weighted by Crippen LogP contribution is -1.86. The third-order valence-electron chi connectivity index (χ3n) is 3.22. The van der Waals surface area contributed by atoms with Crippen LogP contribution in [0.1, 0.15) is 10.4 Å². The van der Waals surface area contributed by atoms with Crippen LogP contribution in [0.15, 0.2) is 60.7 Å². The first kappa shape index (κ1) is 11.9. The van der Waals surface area contributed by atoms with Crippen LogP contribution in [0.3, 0.4) is 0 Å². The fourth-order valence-corrected chi connectivity index (χ4v) is 2.44. The number of carbonyl (C=O) groups is 1. The van der Waals surface area contributed by atoms with E-state index in [4.69, 9.17) is 11.6 Å². The third kappa shape index (κ3) is 2.13. The fraction of sp³-hybridized carbons (Fsp3) is 0. The van der Waals surface area contributed by atoms with E-state index in [-0.39, 0.29) is 0 Å². The molecule has 3 rings (SSSR count). The van der Waals surface area contributed by atoms with Gasteiger partial charge in [-0.1, -0.05) is 60.1 Å². The Balaban J connectivity index is 2.27. The van der Waals surface area contributed by atoms with Gasteiger partial charge in [0.15, 0.2) is 6.29 Å². The van der Waals surface area contributed by atoms with Gasteiger partial charge < -0.3 is 0 Å². The smallest absolute Gasteiger partial charge is 0.151 e. The summed E-state index contributed by atoms with van der Waals surface area (Å²) in [6, 6.07) is 19.9. The molecule has 0 N–H and O–H groups in total. The summed E-state index contributed by atoms with van der Waals surface area (Å²) in [4.78, 5) is 11.0. The molecule has 0 radical (unpaired) electrons. The highest BCUT2D eigenvalue weighted by Crippen LogP contribution is 2.30. The first-order valence-electron chi connectivity index (χ1n) is 6.02. The fourth-order valence-electron chi connectivity index (χ4n) is 2.28. The van der Waals surface area contributed by atoms with Gasteiger partial charge in [-0.25, -0.2) is 0 Å². The van der Waals surface area contributed by atoms with Crippen LogP contribution < -0.4 is 0 Å². The predicted octanol–water partition coefficient (Wildman–Crippen LogP) is 4.97. The topological polar surface area (TPSA) is 17.1 Å². The largest absolute Gasteiger partial charge is 0.298 e. The maximum Gasteiger partial charge on any atom is 0.151 e. The first-order chi connectivity index (χ1) is 9.29. The maximum absolute atomic E-state index is 11.0. The molecule has 0 aliphatic rings. The van der Waals surface area contributed by atoms with Crippen LogP contribution in [0.4, 0.5) is 0 Å². The van der Waals surface area contributed by atoms with Gasteiger partial charge in [0.25, 0.3) is 0 Å². The second kappa shape index (κ2) is 4.87. The summed E-state index contributed by atoms with van der Waals surface area (Å²) in [6.07, 6.45) is 0.789. The molecule has 0 unspecified atom stereocenters. The van der Waals surface area contributed by atoms with Crippen molar-refractivity contribution >= 4 is 28.7 Å². The number of rotatable bonds is 2. The quantitative estimate of drug-likeness (QED) is 0.598. The standard InChI is InChI=1S/C17H11ClO/c18-17-9-8-13(10-14(17)11-19)16-7-3-5-12-4-1-2-6-15(12)16/h1-11H. The zero-order chi connectivity index (χ0) is 13.2. The van der Waals surface area contributed by atoms with Crippen molar-refractivity contribution < 1.29 is 4.79 Å². The van der Waals surface area contributed by atoms with Crippen molar-refractivity contribution in [1.29, 1.82) is 0 Å². The van der Waals surface area contributed by atoms with Crippen LogP contribution in [-0.2, 0) is 0 Å². The van der Waals surface area contributed by atoms with Crippen LogP contribution in [-0.4, -0.2) is 6.29 Å². The van der Waals surface area contributed by atoms with Gasteiger partial charge in [0.2, 0.25) is 0 Å². The van der Waals surface area contributed by atoms with Gasteiger partial charge in [0.05, 0.1) is 5.02 Å². The molecule has 0 aliphatic carbocycles. The number of benzene rings is 3. The highest BCUT2D eigenvalue weighted by molar-refractivity contribution is 6.33. The number of hydrogen-bond acceptors (Lipinski definition) is 1. The van der Waals surface area contributed by atoms with E-state index in [1.807, 2.05) is 30.3 Å². The van der Waals surface area contributed by atoms with E-state index in [1.165, 1.54) is 10.8 Å². The molecule has 3 aromatic carbocycles. The Bertz CT molecular complexity index is 757. The SMILES string of the molecule is O=Cc1cc(-c2cccc3ccccc23)ccc1Cl. The second-order valence-electron chi connectivity index (χ2n) is 4.38. The minimum absolute atomic E-state index is 0.485. The predicted molar refractivity (Wildman–Crippen MR) is 79.8 cm³/mol. The van der Waals surface area contributed by atoms with Crippen LogP contribution >= 0.6 is 11.6 Å². The van der Waals surface area contributed by atoms with Crippen molar-refractivity contribution in [3.63, 3.8) is 0 Å². The molecular formula is C17H11ClO. The molecule has 0 amide bonds. The van der Waals surface area contributed by atoms with E-state index in [9.17, 15) is 4.79 Å².